The third kappa shape index (κ3) is 5.29. The molecular formula is C22H34N4O6. The molecule has 3 aliphatic rings. The van der Waals surface area contributed by atoms with Gasteiger partial charge in [-0.3, -0.25) is 19.5 Å². The number of amides is 1. The van der Waals surface area contributed by atoms with E-state index in [0.717, 1.165) is 50.0 Å². The maximum atomic E-state index is 13.0. The fourth-order valence-corrected chi connectivity index (χ4v) is 4.79. The van der Waals surface area contributed by atoms with Gasteiger partial charge in [0.05, 0.1) is 18.6 Å². The van der Waals surface area contributed by atoms with Crippen LogP contribution >= 0.6 is 0 Å². The van der Waals surface area contributed by atoms with Crippen molar-refractivity contribution in [1.82, 2.24) is 20.0 Å². The van der Waals surface area contributed by atoms with Gasteiger partial charge in [0, 0.05) is 43.7 Å². The molecule has 4 heterocycles. The Kier molecular flexibility index (Phi) is 8.25. The molecule has 1 aromatic heterocycles. The molecule has 2 saturated heterocycles. The third-order valence-electron chi connectivity index (χ3n) is 6.64. The Bertz CT molecular complexity index is 802. The van der Waals surface area contributed by atoms with Gasteiger partial charge in [0.15, 0.2) is 5.69 Å². The standard InChI is InChI=1S/C21H32N4O4.CH2O2/c1-3-4-8-24(2)13-15-12-21(20(27)29-15)6-9-25(10-7-21)19(26)18-16-14-28-11-5-17(16)22-23-18;2-1-3/h15H,3-14H2,1-2H3,(H,22,23);1H,(H,2,3). The van der Waals surface area contributed by atoms with Gasteiger partial charge in [-0.25, -0.2) is 0 Å². The van der Waals surface area contributed by atoms with E-state index in [1.165, 1.54) is 0 Å². The molecule has 0 aliphatic carbocycles. The lowest BCUT2D eigenvalue weighted by atomic mass is 9.76. The number of carboxylic acid groups (broad SMARTS) is 1. The van der Waals surface area contributed by atoms with Crippen molar-refractivity contribution in [3.63, 3.8) is 0 Å². The van der Waals surface area contributed by atoms with E-state index in [4.69, 9.17) is 19.4 Å². The minimum absolute atomic E-state index is 0.0397. The number of piperidine rings is 1. The normalized spacial score (nSPS) is 21.7. The van der Waals surface area contributed by atoms with Crippen molar-refractivity contribution in [3.8, 4) is 0 Å². The Morgan fingerprint density at radius 3 is 2.81 bits per heavy atom. The number of aromatic amines is 1. The van der Waals surface area contributed by atoms with E-state index >= 15 is 0 Å². The summed E-state index contributed by atoms with van der Waals surface area (Å²) in [6, 6.07) is 0. The molecule has 1 atom stereocenters. The van der Waals surface area contributed by atoms with Crippen LogP contribution in [-0.4, -0.2) is 89.4 Å². The fourth-order valence-electron chi connectivity index (χ4n) is 4.79. The number of carbonyl (C=O) groups excluding carboxylic acids is 2. The predicted octanol–water partition coefficient (Wildman–Crippen LogP) is 1.45. The summed E-state index contributed by atoms with van der Waals surface area (Å²) in [4.78, 5) is 38.1. The lowest BCUT2D eigenvalue weighted by molar-refractivity contribution is -0.151. The number of carbonyl (C=O) groups is 3. The molecule has 32 heavy (non-hydrogen) atoms. The summed E-state index contributed by atoms with van der Waals surface area (Å²) in [7, 11) is 2.09. The second-order valence-corrected chi connectivity index (χ2v) is 8.86. The van der Waals surface area contributed by atoms with E-state index in [9.17, 15) is 9.59 Å². The number of unbranched alkanes of at least 4 members (excludes halogenated alkanes) is 1. The number of fused-ring (bicyclic) bond motifs is 1. The maximum absolute atomic E-state index is 13.0. The zero-order valence-corrected chi connectivity index (χ0v) is 19.0. The molecule has 1 spiro atoms. The molecule has 1 aromatic rings. The van der Waals surface area contributed by atoms with Gasteiger partial charge in [0.25, 0.3) is 12.4 Å². The number of aromatic nitrogens is 2. The van der Waals surface area contributed by atoms with Gasteiger partial charge in [-0.2, -0.15) is 5.10 Å². The van der Waals surface area contributed by atoms with Crippen molar-refractivity contribution in [2.24, 2.45) is 5.41 Å². The lowest BCUT2D eigenvalue weighted by Crippen LogP contribution is -2.45. The molecule has 3 aliphatic heterocycles. The number of rotatable bonds is 6. The van der Waals surface area contributed by atoms with E-state index in [2.05, 4.69) is 29.1 Å². The van der Waals surface area contributed by atoms with Crippen LogP contribution in [0.25, 0.3) is 0 Å². The molecule has 0 aromatic carbocycles. The van der Waals surface area contributed by atoms with Crippen LogP contribution in [0.2, 0.25) is 0 Å². The highest BCUT2D eigenvalue weighted by molar-refractivity contribution is 5.94. The summed E-state index contributed by atoms with van der Waals surface area (Å²) in [5.41, 5.74) is 1.93. The Balaban J connectivity index is 0.000000913. The van der Waals surface area contributed by atoms with E-state index in [0.29, 0.717) is 44.8 Å². The molecule has 2 N–H and O–H groups in total. The Morgan fingerprint density at radius 2 is 2.12 bits per heavy atom. The first-order chi connectivity index (χ1) is 15.4. The highest BCUT2D eigenvalue weighted by Gasteiger charge is 2.51. The lowest BCUT2D eigenvalue weighted by Gasteiger charge is -2.36. The minimum Gasteiger partial charge on any atom is -0.483 e. The van der Waals surface area contributed by atoms with Crippen molar-refractivity contribution >= 4 is 18.3 Å². The van der Waals surface area contributed by atoms with Gasteiger partial charge < -0.3 is 24.4 Å². The number of nitrogens with one attached hydrogen (secondary N) is 1. The number of nitrogens with zero attached hydrogens (tertiary/aromatic N) is 3. The largest absolute Gasteiger partial charge is 0.483 e. The van der Waals surface area contributed by atoms with Gasteiger partial charge in [0.2, 0.25) is 0 Å². The molecule has 10 nitrogen and oxygen atoms in total. The summed E-state index contributed by atoms with van der Waals surface area (Å²) in [6.45, 7) is 5.96. The second-order valence-electron chi connectivity index (χ2n) is 8.86. The molecule has 0 bridgehead atoms. The topological polar surface area (TPSA) is 125 Å². The molecule has 0 radical (unpaired) electrons. The van der Waals surface area contributed by atoms with Crippen LogP contribution in [0.4, 0.5) is 0 Å². The summed E-state index contributed by atoms with van der Waals surface area (Å²) < 4.78 is 11.2. The van der Waals surface area contributed by atoms with Gasteiger partial charge in [-0.15, -0.1) is 0 Å². The van der Waals surface area contributed by atoms with Crippen LogP contribution in [0.3, 0.4) is 0 Å². The molecule has 178 valence electrons. The number of esters is 1. The maximum Gasteiger partial charge on any atom is 0.312 e. The fraction of sp³-hybridized carbons (Fsp3) is 0.727. The summed E-state index contributed by atoms with van der Waals surface area (Å²) in [5, 5.41) is 14.1. The first-order valence-corrected chi connectivity index (χ1v) is 11.3. The van der Waals surface area contributed by atoms with Gasteiger partial charge >= 0.3 is 5.97 Å². The van der Waals surface area contributed by atoms with Gasteiger partial charge in [0.1, 0.15) is 6.10 Å². The van der Waals surface area contributed by atoms with E-state index < -0.39 is 5.41 Å². The predicted molar refractivity (Wildman–Crippen MR) is 115 cm³/mol. The highest BCUT2D eigenvalue weighted by atomic mass is 16.6. The molecule has 4 rings (SSSR count). The van der Waals surface area contributed by atoms with E-state index in [1.54, 1.807) is 0 Å². The van der Waals surface area contributed by atoms with Gasteiger partial charge in [-0.1, -0.05) is 13.3 Å². The molecule has 10 heteroatoms. The zero-order valence-electron chi connectivity index (χ0n) is 19.0. The number of H-pyrrole nitrogens is 1. The van der Waals surface area contributed by atoms with E-state index in [-0.39, 0.29) is 24.5 Å². The Labute approximate surface area is 188 Å². The first-order valence-electron chi connectivity index (χ1n) is 11.3. The molecular weight excluding hydrogens is 416 g/mol. The number of likely N-dealkylation sites (tertiary alicyclic amines) is 1. The van der Waals surface area contributed by atoms with Crippen LogP contribution in [0.15, 0.2) is 0 Å². The van der Waals surface area contributed by atoms with Crippen molar-refractivity contribution in [2.45, 2.75) is 58.2 Å². The smallest absolute Gasteiger partial charge is 0.312 e. The zero-order chi connectivity index (χ0) is 23.1. The number of cyclic esters (lactones) is 1. The van der Waals surface area contributed by atoms with Crippen LogP contribution in [-0.2, 0) is 32.1 Å². The van der Waals surface area contributed by atoms with Crippen molar-refractivity contribution in [3.05, 3.63) is 17.0 Å². The third-order valence-corrected chi connectivity index (χ3v) is 6.64. The SMILES string of the molecule is CCCCN(C)CC1CC2(CCN(C(=O)c3n[nH]c4c3COCC4)CC2)C(=O)O1.O=CO. The number of hydrogen-bond donors (Lipinski definition) is 2. The number of ether oxygens (including phenoxy) is 2. The van der Waals surface area contributed by atoms with Crippen molar-refractivity contribution in [1.29, 1.82) is 0 Å². The van der Waals surface area contributed by atoms with Crippen LogP contribution in [0.1, 0.15) is 60.8 Å². The van der Waals surface area contributed by atoms with Crippen LogP contribution in [0, 0.1) is 5.41 Å². The average molecular weight is 451 g/mol. The monoisotopic (exact) mass is 450 g/mol. The molecule has 2 fully saturated rings. The Hall–Kier alpha value is -2.46. The summed E-state index contributed by atoms with van der Waals surface area (Å²) in [5.74, 6) is -0.144. The summed E-state index contributed by atoms with van der Waals surface area (Å²) in [6.07, 6.45) is 5.12. The van der Waals surface area contributed by atoms with Gasteiger partial charge in [-0.05, 0) is 32.9 Å². The van der Waals surface area contributed by atoms with Crippen molar-refractivity contribution < 1.29 is 29.0 Å². The highest BCUT2D eigenvalue weighted by Crippen LogP contribution is 2.43. The second kappa shape index (κ2) is 10.9. The quantitative estimate of drug-likeness (QED) is 0.493. The van der Waals surface area contributed by atoms with Crippen molar-refractivity contribution in [2.75, 3.05) is 39.8 Å². The number of hydrogen-bond acceptors (Lipinski definition) is 7. The molecule has 0 saturated carbocycles. The minimum atomic E-state index is -0.429. The molecule has 1 unspecified atom stereocenters. The molecule has 1 amide bonds. The Morgan fingerprint density at radius 1 is 1.41 bits per heavy atom. The van der Waals surface area contributed by atoms with E-state index in [1.807, 2.05) is 4.90 Å². The first kappa shape index (κ1) is 24.2. The van der Waals surface area contributed by atoms with Crippen LogP contribution < -0.4 is 0 Å². The number of likely N-dealkylation sites (N-methyl/N-ethyl adjacent to an activating group) is 1. The average Bonchev–Trinajstić information content (AvgIpc) is 3.34. The van der Waals surface area contributed by atoms with Crippen LogP contribution in [0.5, 0.6) is 0 Å². The summed E-state index contributed by atoms with van der Waals surface area (Å²) >= 11 is 0.